The number of anilines is 1. The molecule has 0 saturated heterocycles. The van der Waals surface area contributed by atoms with Crippen LogP contribution in [-0.4, -0.2) is 29.4 Å². The molecule has 0 saturated carbocycles. The van der Waals surface area contributed by atoms with Crippen LogP contribution >= 0.6 is 0 Å². The Labute approximate surface area is 193 Å². The predicted molar refractivity (Wildman–Crippen MR) is 127 cm³/mol. The van der Waals surface area contributed by atoms with E-state index < -0.39 is 11.8 Å². The van der Waals surface area contributed by atoms with Gasteiger partial charge in [-0.2, -0.15) is 0 Å². The van der Waals surface area contributed by atoms with E-state index in [9.17, 15) is 19.5 Å². The minimum Gasteiger partial charge on any atom is -0.507 e. The van der Waals surface area contributed by atoms with Gasteiger partial charge < -0.3 is 15.2 Å². The highest BCUT2D eigenvalue weighted by Gasteiger charge is 2.21. The van der Waals surface area contributed by atoms with E-state index in [4.69, 9.17) is 4.74 Å². The number of nitrogens with one attached hydrogen (secondary N) is 1. The second kappa shape index (κ2) is 11.6. The van der Waals surface area contributed by atoms with Gasteiger partial charge in [0.05, 0.1) is 17.7 Å². The highest BCUT2D eigenvalue weighted by Crippen LogP contribution is 2.26. The minimum absolute atomic E-state index is 0.0240. The number of benzene rings is 3. The van der Waals surface area contributed by atoms with Crippen molar-refractivity contribution in [1.82, 2.24) is 0 Å². The number of hydrogen-bond donors (Lipinski definition) is 2. The molecule has 0 atom stereocenters. The maximum Gasteiger partial charge on any atom is 0.338 e. The molecule has 0 unspecified atom stereocenters. The van der Waals surface area contributed by atoms with Gasteiger partial charge in [-0.15, -0.1) is 0 Å². The van der Waals surface area contributed by atoms with Crippen LogP contribution in [0.15, 0.2) is 72.8 Å². The van der Waals surface area contributed by atoms with E-state index in [0.29, 0.717) is 17.9 Å². The van der Waals surface area contributed by atoms with E-state index in [2.05, 4.69) is 12.2 Å². The highest BCUT2D eigenvalue weighted by atomic mass is 16.5. The molecule has 0 fully saturated rings. The summed E-state index contributed by atoms with van der Waals surface area (Å²) in [6.07, 6.45) is 3.91. The molecule has 6 nitrogen and oxygen atoms in total. The van der Waals surface area contributed by atoms with Crippen LogP contribution in [0.2, 0.25) is 0 Å². The maximum absolute atomic E-state index is 13.1. The van der Waals surface area contributed by atoms with Crippen molar-refractivity contribution in [2.75, 3.05) is 11.9 Å². The van der Waals surface area contributed by atoms with Crippen LogP contribution in [0.3, 0.4) is 0 Å². The standard InChI is InChI=1S/C27H27NO5/c1-2-3-4-10-17-33-27(32)22-14-9-8-13-21(22)25(30)23-16-15-20(18-24(23)29)28-26(31)19-11-6-5-7-12-19/h5-9,11-16,18,29H,2-4,10,17H2,1H3,(H,28,31). The summed E-state index contributed by atoms with van der Waals surface area (Å²) in [5.41, 5.74) is 1.14. The first-order valence-electron chi connectivity index (χ1n) is 11.0. The monoisotopic (exact) mass is 445 g/mol. The molecule has 0 spiro atoms. The molecule has 3 aromatic carbocycles. The fourth-order valence-electron chi connectivity index (χ4n) is 3.37. The Morgan fingerprint density at radius 1 is 0.818 bits per heavy atom. The van der Waals surface area contributed by atoms with Crippen LogP contribution in [0.1, 0.15) is 69.2 Å². The van der Waals surface area contributed by atoms with Crippen molar-refractivity contribution in [3.63, 3.8) is 0 Å². The van der Waals surface area contributed by atoms with Gasteiger partial charge in [0.1, 0.15) is 5.75 Å². The third-order valence-corrected chi connectivity index (χ3v) is 5.16. The first kappa shape index (κ1) is 23.7. The van der Waals surface area contributed by atoms with E-state index in [0.717, 1.165) is 25.7 Å². The number of rotatable bonds is 10. The summed E-state index contributed by atoms with van der Waals surface area (Å²) in [4.78, 5) is 38.0. The molecule has 0 aromatic heterocycles. The molecule has 1 amide bonds. The third kappa shape index (κ3) is 6.29. The summed E-state index contributed by atoms with van der Waals surface area (Å²) in [7, 11) is 0. The van der Waals surface area contributed by atoms with E-state index in [1.54, 1.807) is 36.4 Å². The SMILES string of the molecule is CCCCCCOC(=O)c1ccccc1C(=O)c1ccc(NC(=O)c2ccccc2)cc1O. The summed E-state index contributed by atoms with van der Waals surface area (Å²) < 4.78 is 5.34. The number of phenolic OH excluding ortho intramolecular Hbond substituents is 1. The van der Waals surface area contributed by atoms with Crippen molar-refractivity contribution in [3.05, 3.63) is 95.1 Å². The second-order valence-corrected chi connectivity index (χ2v) is 7.62. The molecule has 0 aliphatic rings. The molecule has 6 heteroatoms. The quantitative estimate of drug-likeness (QED) is 0.240. The maximum atomic E-state index is 13.1. The molecule has 0 bridgehead atoms. The van der Waals surface area contributed by atoms with E-state index in [1.807, 2.05) is 6.07 Å². The molecular weight excluding hydrogens is 418 g/mol. The van der Waals surface area contributed by atoms with Crippen LogP contribution in [0.25, 0.3) is 0 Å². The van der Waals surface area contributed by atoms with Gasteiger partial charge in [0.15, 0.2) is 5.78 Å². The number of unbranched alkanes of at least 4 members (excludes halogenated alkanes) is 3. The number of ketones is 1. The van der Waals surface area contributed by atoms with Crippen LogP contribution in [0.4, 0.5) is 5.69 Å². The zero-order valence-electron chi connectivity index (χ0n) is 18.5. The molecule has 3 rings (SSSR count). The second-order valence-electron chi connectivity index (χ2n) is 7.62. The number of hydrogen-bond acceptors (Lipinski definition) is 5. The van der Waals surface area contributed by atoms with Gasteiger partial charge in [-0.25, -0.2) is 4.79 Å². The number of phenols is 1. The molecule has 2 N–H and O–H groups in total. The third-order valence-electron chi connectivity index (χ3n) is 5.16. The van der Waals surface area contributed by atoms with Gasteiger partial charge in [0, 0.05) is 22.9 Å². The fraction of sp³-hybridized carbons (Fsp3) is 0.222. The fourth-order valence-corrected chi connectivity index (χ4v) is 3.37. The Hall–Kier alpha value is -3.93. The highest BCUT2D eigenvalue weighted by molar-refractivity contribution is 6.16. The average molecular weight is 446 g/mol. The molecule has 170 valence electrons. The van der Waals surface area contributed by atoms with Gasteiger partial charge >= 0.3 is 5.97 Å². The smallest absolute Gasteiger partial charge is 0.338 e. The lowest BCUT2D eigenvalue weighted by Gasteiger charge is -2.11. The van der Waals surface area contributed by atoms with Crippen molar-refractivity contribution in [2.24, 2.45) is 0 Å². The lowest BCUT2D eigenvalue weighted by atomic mass is 9.97. The number of carbonyl (C=O) groups is 3. The molecule has 0 radical (unpaired) electrons. The van der Waals surface area contributed by atoms with Crippen molar-refractivity contribution in [3.8, 4) is 5.75 Å². The molecular formula is C27H27NO5. The zero-order valence-corrected chi connectivity index (χ0v) is 18.5. The molecule has 0 heterocycles. The summed E-state index contributed by atoms with van der Waals surface area (Å²) in [6.45, 7) is 2.40. The topological polar surface area (TPSA) is 92.7 Å². The lowest BCUT2D eigenvalue weighted by molar-refractivity contribution is 0.0495. The van der Waals surface area contributed by atoms with Gasteiger partial charge in [0.25, 0.3) is 5.91 Å². The molecule has 0 aliphatic heterocycles. The van der Waals surface area contributed by atoms with Crippen LogP contribution in [-0.2, 0) is 4.74 Å². The summed E-state index contributed by atoms with van der Waals surface area (Å²) in [5.74, 6) is -1.71. The Kier molecular flexibility index (Phi) is 8.36. The largest absolute Gasteiger partial charge is 0.507 e. The number of amides is 1. The van der Waals surface area contributed by atoms with Crippen LogP contribution in [0.5, 0.6) is 5.75 Å². The van der Waals surface area contributed by atoms with E-state index in [1.165, 1.54) is 30.3 Å². The van der Waals surface area contributed by atoms with Gasteiger partial charge in [-0.1, -0.05) is 62.6 Å². The van der Waals surface area contributed by atoms with E-state index in [-0.39, 0.29) is 28.3 Å². The van der Waals surface area contributed by atoms with Crippen LogP contribution < -0.4 is 5.32 Å². The Balaban J connectivity index is 1.73. The van der Waals surface area contributed by atoms with Crippen molar-refractivity contribution >= 4 is 23.3 Å². The van der Waals surface area contributed by atoms with Crippen molar-refractivity contribution in [1.29, 1.82) is 0 Å². The zero-order chi connectivity index (χ0) is 23.6. The van der Waals surface area contributed by atoms with E-state index >= 15 is 0 Å². The number of esters is 1. The number of carbonyl (C=O) groups excluding carboxylic acids is 3. The van der Waals surface area contributed by atoms with Crippen molar-refractivity contribution < 1.29 is 24.2 Å². The molecule has 0 aliphatic carbocycles. The first-order chi connectivity index (χ1) is 16.0. The normalized spacial score (nSPS) is 10.5. The average Bonchev–Trinajstić information content (AvgIpc) is 2.84. The summed E-state index contributed by atoms with van der Waals surface area (Å²) >= 11 is 0. The summed E-state index contributed by atoms with van der Waals surface area (Å²) in [6, 6.07) is 19.3. The van der Waals surface area contributed by atoms with Crippen LogP contribution in [0, 0.1) is 0 Å². The Morgan fingerprint density at radius 2 is 1.52 bits per heavy atom. The summed E-state index contributed by atoms with van der Waals surface area (Å²) in [5, 5.41) is 13.2. The predicted octanol–water partition coefficient (Wildman–Crippen LogP) is 5.61. The lowest BCUT2D eigenvalue weighted by Crippen LogP contribution is -2.14. The number of ether oxygens (including phenoxy) is 1. The minimum atomic E-state index is -0.568. The van der Waals surface area contributed by atoms with Crippen molar-refractivity contribution in [2.45, 2.75) is 32.6 Å². The Bertz CT molecular complexity index is 1120. The first-order valence-corrected chi connectivity index (χ1v) is 11.0. The molecule has 3 aromatic rings. The van der Waals surface area contributed by atoms with Gasteiger partial charge in [-0.3, -0.25) is 9.59 Å². The van der Waals surface area contributed by atoms with Gasteiger partial charge in [-0.05, 0) is 36.8 Å². The number of aromatic hydroxyl groups is 1. The Morgan fingerprint density at radius 3 is 2.21 bits per heavy atom. The van der Waals surface area contributed by atoms with Gasteiger partial charge in [0.2, 0.25) is 0 Å². The molecule has 33 heavy (non-hydrogen) atoms.